The second-order valence-electron chi connectivity index (χ2n) is 9.49. The lowest BCUT2D eigenvalue weighted by atomic mass is 9.95. The van der Waals surface area contributed by atoms with E-state index < -0.39 is 28.5 Å². The lowest BCUT2D eigenvalue weighted by Gasteiger charge is -2.33. The van der Waals surface area contributed by atoms with E-state index in [-0.39, 0.29) is 18.5 Å². The van der Waals surface area contributed by atoms with E-state index in [4.69, 9.17) is 23.2 Å². The molecule has 0 heterocycles. The minimum Gasteiger partial charge on any atom is -0.352 e. The zero-order valence-corrected chi connectivity index (χ0v) is 23.9. The van der Waals surface area contributed by atoms with Gasteiger partial charge < -0.3 is 10.2 Å². The summed E-state index contributed by atoms with van der Waals surface area (Å²) in [6.45, 7) is 3.07. The van der Waals surface area contributed by atoms with Crippen molar-refractivity contribution in [3.05, 3.63) is 63.6 Å². The Kier molecular flexibility index (Phi) is 10.3. The molecule has 0 saturated heterocycles. The molecule has 0 aromatic heterocycles. The first-order chi connectivity index (χ1) is 17.5. The lowest BCUT2D eigenvalue weighted by molar-refractivity contribution is -0.139. The van der Waals surface area contributed by atoms with E-state index in [0.29, 0.717) is 27.7 Å². The topological polar surface area (TPSA) is 86.8 Å². The van der Waals surface area contributed by atoms with Gasteiger partial charge in [0, 0.05) is 28.2 Å². The number of nitrogens with zero attached hydrogens (tertiary/aromatic N) is 2. The van der Waals surface area contributed by atoms with Crippen LogP contribution in [0.2, 0.25) is 10.0 Å². The van der Waals surface area contributed by atoms with Crippen molar-refractivity contribution in [3.8, 4) is 0 Å². The van der Waals surface area contributed by atoms with Crippen LogP contribution in [0.4, 0.5) is 5.69 Å². The number of para-hydroxylation sites is 1. The number of sulfonamides is 1. The van der Waals surface area contributed by atoms with Gasteiger partial charge in [0.25, 0.3) is 0 Å². The summed E-state index contributed by atoms with van der Waals surface area (Å²) in [4.78, 5) is 28.4. The SMILES string of the molecule is CCc1ccccc1N(CC(=O)N(Cc1c(Cl)cccc1Cl)[C@H](C)C(=O)NC1CCCCC1)S(C)(=O)=O. The Morgan fingerprint density at radius 2 is 1.65 bits per heavy atom. The quantitative estimate of drug-likeness (QED) is 0.428. The molecule has 0 radical (unpaired) electrons. The van der Waals surface area contributed by atoms with Gasteiger partial charge in [0.15, 0.2) is 0 Å². The Balaban J connectivity index is 1.94. The molecule has 1 atom stereocenters. The Hall–Kier alpha value is -2.29. The van der Waals surface area contributed by atoms with Crippen molar-refractivity contribution in [1.82, 2.24) is 10.2 Å². The highest BCUT2D eigenvalue weighted by molar-refractivity contribution is 7.92. The number of nitrogens with one attached hydrogen (secondary N) is 1. The van der Waals surface area contributed by atoms with Crippen LogP contribution in [0.5, 0.6) is 0 Å². The molecule has 2 amide bonds. The highest BCUT2D eigenvalue weighted by atomic mass is 35.5. The summed E-state index contributed by atoms with van der Waals surface area (Å²) in [7, 11) is -3.80. The fourth-order valence-electron chi connectivity index (χ4n) is 4.65. The molecule has 2 aromatic carbocycles. The van der Waals surface area contributed by atoms with Gasteiger partial charge in [-0.1, -0.05) is 73.7 Å². The average Bonchev–Trinajstić information content (AvgIpc) is 2.86. The first-order valence-electron chi connectivity index (χ1n) is 12.6. The van der Waals surface area contributed by atoms with Crippen molar-refractivity contribution in [2.24, 2.45) is 0 Å². The first-order valence-corrected chi connectivity index (χ1v) is 15.2. The minimum atomic E-state index is -3.80. The van der Waals surface area contributed by atoms with Gasteiger partial charge in [0.1, 0.15) is 12.6 Å². The largest absolute Gasteiger partial charge is 0.352 e. The number of halogens is 2. The van der Waals surface area contributed by atoms with E-state index >= 15 is 0 Å². The van der Waals surface area contributed by atoms with Crippen LogP contribution in [-0.4, -0.2) is 50.0 Å². The minimum absolute atomic E-state index is 0.0381. The number of hydrogen-bond donors (Lipinski definition) is 1. The molecular formula is C27H35Cl2N3O4S. The van der Waals surface area contributed by atoms with Gasteiger partial charge >= 0.3 is 0 Å². The van der Waals surface area contributed by atoms with E-state index in [1.54, 1.807) is 37.3 Å². The summed E-state index contributed by atoms with van der Waals surface area (Å²) in [6, 6.07) is 11.3. The highest BCUT2D eigenvalue weighted by Crippen LogP contribution is 2.28. The molecule has 37 heavy (non-hydrogen) atoms. The number of carbonyl (C=O) groups excluding carboxylic acids is 2. The van der Waals surface area contributed by atoms with Gasteiger partial charge in [-0.05, 0) is 49.9 Å². The molecule has 1 aliphatic rings. The van der Waals surface area contributed by atoms with E-state index in [9.17, 15) is 18.0 Å². The maximum atomic E-state index is 13.8. The first kappa shape index (κ1) is 29.3. The number of benzene rings is 2. The summed E-state index contributed by atoms with van der Waals surface area (Å²) in [5.41, 5.74) is 1.73. The van der Waals surface area contributed by atoms with Gasteiger partial charge in [0.2, 0.25) is 21.8 Å². The lowest BCUT2D eigenvalue weighted by Crippen LogP contribution is -2.53. The fraction of sp³-hybridized carbons (Fsp3) is 0.481. The summed E-state index contributed by atoms with van der Waals surface area (Å²) in [6.07, 6.45) is 6.72. The molecule has 0 spiro atoms. The molecule has 0 unspecified atom stereocenters. The van der Waals surface area contributed by atoms with Crippen LogP contribution in [0, 0.1) is 0 Å². The average molecular weight is 569 g/mol. The fourth-order valence-corrected chi connectivity index (χ4v) is 6.05. The normalized spacial score (nSPS) is 15.2. The zero-order valence-electron chi connectivity index (χ0n) is 21.5. The predicted octanol–water partition coefficient (Wildman–Crippen LogP) is 5.19. The zero-order chi connectivity index (χ0) is 27.2. The summed E-state index contributed by atoms with van der Waals surface area (Å²) >= 11 is 12.8. The molecule has 2 aromatic rings. The molecule has 1 fully saturated rings. The summed E-state index contributed by atoms with van der Waals surface area (Å²) in [5.74, 6) is -0.818. The number of rotatable bonds is 10. The molecule has 10 heteroatoms. The van der Waals surface area contributed by atoms with E-state index in [1.807, 2.05) is 19.1 Å². The monoisotopic (exact) mass is 567 g/mol. The molecule has 1 saturated carbocycles. The number of amides is 2. The Morgan fingerprint density at radius 1 is 1.03 bits per heavy atom. The predicted molar refractivity (Wildman–Crippen MR) is 149 cm³/mol. The van der Waals surface area contributed by atoms with Crippen LogP contribution in [0.15, 0.2) is 42.5 Å². The van der Waals surface area contributed by atoms with E-state index in [0.717, 1.165) is 48.2 Å². The van der Waals surface area contributed by atoms with Crippen molar-refractivity contribution in [1.29, 1.82) is 0 Å². The summed E-state index contributed by atoms with van der Waals surface area (Å²) in [5, 5.41) is 3.80. The van der Waals surface area contributed by atoms with Crippen LogP contribution in [0.3, 0.4) is 0 Å². The smallest absolute Gasteiger partial charge is 0.244 e. The van der Waals surface area contributed by atoms with Gasteiger partial charge in [0.05, 0.1) is 11.9 Å². The molecule has 202 valence electrons. The van der Waals surface area contributed by atoms with Crippen molar-refractivity contribution >= 4 is 50.7 Å². The second kappa shape index (κ2) is 13.0. The molecular weight excluding hydrogens is 533 g/mol. The summed E-state index contributed by atoms with van der Waals surface area (Å²) < 4.78 is 26.7. The molecule has 0 bridgehead atoms. The third kappa shape index (κ3) is 7.62. The molecule has 0 aliphatic heterocycles. The molecule has 1 N–H and O–H groups in total. The number of aryl methyl sites for hydroxylation is 1. The maximum Gasteiger partial charge on any atom is 0.244 e. The van der Waals surface area contributed by atoms with Gasteiger partial charge in [-0.25, -0.2) is 8.42 Å². The van der Waals surface area contributed by atoms with E-state index in [1.165, 1.54) is 4.90 Å². The van der Waals surface area contributed by atoms with Crippen molar-refractivity contribution in [2.75, 3.05) is 17.1 Å². The van der Waals surface area contributed by atoms with Gasteiger partial charge in [-0.3, -0.25) is 13.9 Å². The number of hydrogen-bond acceptors (Lipinski definition) is 4. The number of carbonyl (C=O) groups is 2. The standard InChI is InChI=1S/C27H35Cl2N3O4S/c1-4-20-11-8-9-16-25(20)32(37(3,35)36)18-26(33)31(17-22-23(28)14-10-15-24(22)29)19(2)27(34)30-21-12-6-5-7-13-21/h8-11,14-16,19,21H,4-7,12-13,17-18H2,1-3H3,(H,30,34)/t19-/m1/s1. The Morgan fingerprint density at radius 3 is 2.24 bits per heavy atom. The van der Waals surface area contributed by atoms with Crippen LogP contribution in [-0.2, 0) is 32.6 Å². The Labute approximate surface area is 230 Å². The highest BCUT2D eigenvalue weighted by Gasteiger charge is 2.32. The molecule has 3 rings (SSSR count). The third-order valence-corrected chi connectivity index (χ3v) is 8.66. The molecule has 7 nitrogen and oxygen atoms in total. The number of anilines is 1. The van der Waals surface area contributed by atoms with E-state index in [2.05, 4.69) is 5.32 Å². The van der Waals surface area contributed by atoms with Crippen LogP contribution < -0.4 is 9.62 Å². The third-order valence-electron chi connectivity index (χ3n) is 6.83. The van der Waals surface area contributed by atoms with Crippen molar-refractivity contribution in [2.45, 2.75) is 71.0 Å². The van der Waals surface area contributed by atoms with Gasteiger partial charge in [-0.15, -0.1) is 0 Å². The van der Waals surface area contributed by atoms with Crippen LogP contribution in [0.25, 0.3) is 0 Å². The Bertz CT molecular complexity index is 1200. The second-order valence-corrected chi connectivity index (χ2v) is 12.2. The van der Waals surface area contributed by atoms with Crippen LogP contribution >= 0.6 is 23.2 Å². The molecule has 1 aliphatic carbocycles. The maximum absolute atomic E-state index is 13.8. The van der Waals surface area contributed by atoms with Crippen LogP contribution in [0.1, 0.15) is 57.1 Å². The van der Waals surface area contributed by atoms with Crippen molar-refractivity contribution in [3.63, 3.8) is 0 Å². The van der Waals surface area contributed by atoms with Gasteiger partial charge in [-0.2, -0.15) is 0 Å². The van der Waals surface area contributed by atoms with Crippen molar-refractivity contribution < 1.29 is 18.0 Å².